The lowest BCUT2D eigenvalue weighted by atomic mass is 10.1. The van der Waals surface area contributed by atoms with Gasteiger partial charge in [0.2, 0.25) is 0 Å². The molecule has 0 bridgehead atoms. The topological polar surface area (TPSA) is 0 Å². The van der Waals surface area contributed by atoms with Crippen LogP contribution in [0.1, 0.15) is 128 Å². The molecule has 0 aromatic heterocycles. The molecular weight excluding hydrogens is 2100 g/mol. The smallest absolute Gasteiger partial charge is 0.0482 e. The fourth-order valence-corrected chi connectivity index (χ4v) is 20.2. The van der Waals surface area contributed by atoms with Crippen LogP contribution in [0, 0.1) is 0 Å². The number of benzene rings is 6. The second-order valence-corrected chi connectivity index (χ2v) is 28.1. The molecular formula is C55H60Br18. The molecule has 0 radical (unpaired) electrons. The molecule has 0 atom stereocenters. The molecule has 0 aliphatic rings. The van der Waals surface area contributed by atoms with Crippen molar-refractivity contribution in [1.82, 2.24) is 0 Å². The van der Waals surface area contributed by atoms with Crippen LogP contribution in [-0.4, -0.2) is 0 Å². The van der Waals surface area contributed by atoms with Gasteiger partial charge in [-0.3, -0.25) is 0 Å². The summed E-state index contributed by atoms with van der Waals surface area (Å²) >= 11 is 64.2. The van der Waals surface area contributed by atoms with Gasteiger partial charge < -0.3 is 0 Å². The van der Waals surface area contributed by atoms with Crippen molar-refractivity contribution in [3.05, 3.63) is 186 Å². The van der Waals surface area contributed by atoms with Crippen molar-refractivity contribution in [3.63, 3.8) is 0 Å². The van der Waals surface area contributed by atoms with Crippen molar-refractivity contribution in [2.24, 2.45) is 0 Å². The van der Waals surface area contributed by atoms with Crippen molar-refractivity contribution in [3.8, 4) is 0 Å². The van der Waals surface area contributed by atoms with Crippen LogP contribution in [0.25, 0.3) is 0 Å². The van der Waals surface area contributed by atoms with Gasteiger partial charge in [0.1, 0.15) is 0 Å². The Bertz CT molecular complexity index is 2230. The number of rotatable bonds is 8. The van der Waals surface area contributed by atoms with Crippen molar-refractivity contribution < 1.29 is 0 Å². The first-order chi connectivity index (χ1) is 34.5. The number of halogens is 18. The van der Waals surface area contributed by atoms with E-state index in [1.54, 1.807) is 0 Å². The Hall–Kier alpha value is 3.96. The summed E-state index contributed by atoms with van der Waals surface area (Å²) in [6, 6.07) is 21.1. The van der Waals surface area contributed by atoms with E-state index < -0.39 is 0 Å². The molecule has 0 saturated heterocycles. The first-order valence-corrected chi connectivity index (χ1v) is 37.6. The predicted octanol–water partition coefficient (Wildman–Crippen LogP) is 30.2. The molecule has 6 aromatic rings. The van der Waals surface area contributed by atoms with E-state index in [2.05, 4.69) is 389 Å². The average Bonchev–Trinajstić information content (AvgIpc) is 3.41. The van der Waals surface area contributed by atoms with Gasteiger partial charge in [-0.2, -0.15) is 0 Å². The van der Waals surface area contributed by atoms with E-state index in [9.17, 15) is 0 Å². The molecule has 0 fully saturated rings. The van der Waals surface area contributed by atoms with Crippen LogP contribution in [0.2, 0.25) is 0 Å². The summed E-state index contributed by atoms with van der Waals surface area (Å²) in [5.41, 5.74) is 10.4. The lowest BCUT2D eigenvalue weighted by Crippen LogP contribution is -1.94. The van der Waals surface area contributed by atoms with E-state index in [0.29, 0.717) is 0 Å². The molecule has 406 valence electrons. The van der Waals surface area contributed by atoms with Crippen molar-refractivity contribution >= 4 is 287 Å². The van der Waals surface area contributed by atoms with Crippen LogP contribution < -0.4 is 0 Å². The van der Waals surface area contributed by atoms with Crippen molar-refractivity contribution in [1.29, 1.82) is 0 Å². The monoisotopic (exact) mass is 2140 g/mol. The summed E-state index contributed by atoms with van der Waals surface area (Å²) in [6.07, 6.45) is 6.99. The first-order valence-electron chi connectivity index (χ1n) is 23.3. The van der Waals surface area contributed by atoms with E-state index >= 15 is 0 Å². The fourth-order valence-electron chi connectivity index (χ4n) is 6.04. The number of hydrogen-bond donors (Lipinski definition) is 0. The third kappa shape index (κ3) is 23.9. The molecule has 0 heterocycles. The standard InChI is InChI=1S/C13H12.2C10H10Br4.2C8H5Br5.3C2H6/c1-3-7-12(8-4-1)11-13-9-5-2-6-10-13;2*1-3-5-7(11)9(13)6(4-2)10(14)8(5)12;2*1-2-3-4(9)6(11)8(13)7(12)5(3)10;3*1-2/h1-10H,11H2;2*3-4H2,1-2H3;2*2H2,1H3;3*1-2H3. The first kappa shape index (κ1) is 79.0. The quantitative estimate of drug-likeness (QED) is 0.105. The van der Waals surface area contributed by atoms with E-state index in [1.165, 1.54) is 44.5 Å². The van der Waals surface area contributed by atoms with E-state index in [-0.39, 0.29) is 0 Å². The van der Waals surface area contributed by atoms with Crippen LogP contribution in [0.4, 0.5) is 0 Å². The van der Waals surface area contributed by atoms with Gasteiger partial charge in [-0.05, 0) is 376 Å². The maximum absolute atomic E-state index is 3.62. The maximum Gasteiger partial charge on any atom is 0.0482 e. The summed E-state index contributed by atoms with van der Waals surface area (Å²) < 4.78 is 19.8. The average molecular weight is 2160 g/mol. The van der Waals surface area contributed by atoms with Crippen LogP contribution in [0.15, 0.2) is 141 Å². The Kier molecular flexibility index (Phi) is 47.2. The lowest BCUT2D eigenvalue weighted by Gasteiger charge is -2.14. The summed E-state index contributed by atoms with van der Waals surface area (Å²) in [7, 11) is 0. The molecule has 0 amide bonds. The highest BCUT2D eigenvalue weighted by atomic mass is 79.9. The highest BCUT2D eigenvalue weighted by Crippen LogP contribution is 2.47. The Morgan fingerprint density at radius 1 is 0.205 bits per heavy atom. The molecule has 6 rings (SSSR count). The largest absolute Gasteiger partial charge is 0.0683 e. The lowest BCUT2D eigenvalue weighted by molar-refractivity contribution is 1.05. The van der Waals surface area contributed by atoms with Gasteiger partial charge in [0.05, 0.1) is 0 Å². The van der Waals surface area contributed by atoms with Gasteiger partial charge in [-0.25, -0.2) is 0 Å². The third-order valence-corrected chi connectivity index (χ3v) is 31.4. The maximum atomic E-state index is 3.62. The normalized spacial score (nSPS) is 9.89. The highest BCUT2D eigenvalue weighted by Gasteiger charge is 2.19. The van der Waals surface area contributed by atoms with Crippen LogP contribution in [0.5, 0.6) is 0 Å². The SMILES string of the molecule is CC.CC.CC.CCc1c(Br)c(Br)c(Br)c(Br)c1Br.CCc1c(Br)c(Br)c(Br)c(Br)c1Br.CCc1c(Br)c(Br)c(CC)c(Br)c1Br.CCc1c(Br)c(Br)c(CC)c(Br)c1Br.c1ccc(Cc2ccccc2)cc1. The van der Waals surface area contributed by atoms with E-state index in [1.807, 2.05) is 41.5 Å². The summed E-state index contributed by atoms with van der Waals surface area (Å²) in [5.74, 6) is 0. The van der Waals surface area contributed by atoms with E-state index in [4.69, 9.17) is 0 Å². The molecule has 0 aliphatic carbocycles. The van der Waals surface area contributed by atoms with Crippen LogP contribution >= 0.6 is 287 Å². The zero-order valence-electron chi connectivity index (χ0n) is 42.5. The fraction of sp³-hybridized carbons (Fsp3) is 0.345. The molecule has 0 saturated carbocycles. The van der Waals surface area contributed by atoms with Gasteiger partial charge in [0.25, 0.3) is 0 Å². The van der Waals surface area contributed by atoms with Crippen molar-refractivity contribution in [2.45, 2.75) is 128 Å². The van der Waals surface area contributed by atoms with Gasteiger partial charge in [-0.1, -0.05) is 144 Å². The minimum atomic E-state index is 0.978. The van der Waals surface area contributed by atoms with Gasteiger partial charge in [-0.15, -0.1) is 0 Å². The highest BCUT2D eigenvalue weighted by molar-refractivity contribution is 9.17. The second-order valence-electron chi connectivity index (χ2n) is 13.8. The molecule has 73 heavy (non-hydrogen) atoms. The third-order valence-electron chi connectivity index (χ3n) is 9.71. The molecule has 6 aromatic carbocycles. The summed E-state index contributed by atoms with van der Waals surface area (Å²) in [5, 5.41) is 0. The Morgan fingerprint density at radius 2 is 0.329 bits per heavy atom. The summed E-state index contributed by atoms with van der Waals surface area (Å²) in [6.45, 7) is 24.8. The zero-order chi connectivity index (χ0) is 57.0. The molecule has 0 unspecified atom stereocenters. The Balaban J connectivity index is 0. The van der Waals surface area contributed by atoms with Crippen LogP contribution in [0.3, 0.4) is 0 Å². The minimum absolute atomic E-state index is 0.978. The molecule has 18 heteroatoms. The van der Waals surface area contributed by atoms with Gasteiger partial charge in [0, 0.05) is 80.5 Å². The zero-order valence-corrected chi connectivity index (χ0v) is 71.1. The van der Waals surface area contributed by atoms with Crippen molar-refractivity contribution in [2.75, 3.05) is 0 Å². The second kappa shape index (κ2) is 43.6. The van der Waals surface area contributed by atoms with E-state index in [0.717, 1.165) is 125 Å². The number of hydrogen-bond acceptors (Lipinski definition) is 0. The molecule has 0 spiro atoms. The van der Waals surface area contributed by atoms with Gasteiger partial charge >= 0.3 is 0 Å². The Labute approximate surface area is 590 Å². The summed E-state index contributed by atoms with van der Waals surface area (Å²) in [4.78, 5) is 0. The Morgan fingerprint density at radius 3 is 0.466 bits per heavy atom. The predicted molar refractivity (Wildman–Crippen MR) is 390 cm³/mol. The molecule has 0 aliphatic heterocycles. The van der Waals surface area contributed by atoms with Crippen LogP contribution in [-0.2, 0) is 44.9 Å². The molecule has 0 N–H and O–H groups in total. The van der Waals surface area contributed by atoms with Gasteiger partial charge in [0.15, 0.2) is 0 Å². The minimum Gasteiger partial charge on any atom is -0.0683 e. The molecule has 0 nitrogen and oxygen atoms in total.